The Bertz CT molecular complexity index is 352. The van der Waals surface area contributed by atoms with Crippen LogP contribution < -0.4 is 5.32 Å². The molecule has 1 N–H and O–H groups in total. The summed E-state index contributed by atoms with van der Waals surface area (Å²) >= 11 is 5.89. The van der Waals surface area contributed by atoms with Gasteiger partial charge in [0.15, 0.2) is 0 Å². The molecule has 2 rings (SSSR count). The van der Waals surface area contributed by atoms with Crippen LogP contribution in [-0.4, -0.2) is 12.6 Å². The molecule has 1 nitrogen and oxygen atoms in total. The number of nitrogens with one attached hydrogen (secondary N) is 1. The molecule has 1 saturated carbocycles. The van der Waals surface area contributed by atoms with Gasteiger partial charge in [-0.05, 0) is 62.3 Å². The van der Waals surface area contributed by atoms with E-state index >= 15 is 0 Å². The fourth-order valence-electron chi connectivity index (χ4n) is 3.14. The molecule has 0 bridgehead atoms. The van der Waals surface area contributed by atoms with Gasteiger partial charge in [-0.2, -0.15) is 0 Å². The topological polar surface area (TPSA) is 12.0 Å². The third kappa shape index (κ3) is 5.16. The minimum atomic E-state index is 0.750. The highest BCUT2D eigenvalue weighted by atomic mass is 35.5. The lowest BCUT2D eigenvalue weighted by molar-refractivity contribution is 0.279. The van der Waals surface area contributed by atoms with Crippen molar-refractivity contribution in [3.8, 4) is 0 Å². The largest absolute Gasteiger partial charge is 0.314 e. The lowest BCUT2D eigenvalue weighted by Crippen LogP contribution is -2.34. The van der Waals surface area contributed by atoms with Crippen LogP contribution in [0, 0.1) is 5.92 Å². The normalized spacial score (nSPS) is 23.5. The molecule has 1 aliphatic rings. The second-order valence-electron chi connectivity index (χ2n) is 5.84. The molecule has 1 aromatic carbocycles. The van der Waals surface area contributed by atoms with Gasteiger partial charge < -0.3 is 5.32 Å². The highest BCUT2D eigenvalue weighted by Gasteiger charge is 2.19. The summed E-state index contributed by atoms with van der Waals surface area (Å²) in [5.41, 5.74) is 1.37. The van der Waals surface area contributed by atoms with Crippen LogP contribution in [0.5, 0.6) is 0 Å². The number of benzene rings is 1. The first kappa shape index (κ1) is 14.9. The molecule has 0 atom stereocenters. The first-order valence-corrected chi connectivity index (χ1v) is 8.13. The summed E-state index contributed by atoms with van der Waals surface area (Å²) in [6.07, 6.45) is 9.46. The van der Waals surface area contributed by atoms with Crippen LogP contribution in [0.2, 0.25) is 5.02 Å². The summed E-state index contributed by atoms with van der Waals surface area (Å²) in [5, 5.41) is 4.54. The summed E-state index contributed by atoms with van der Waals surface area (Å²) in [7, 11) is 0. The van der Waals surface area contributed by atoms with Gasteiger partial charge in [-0.3, -0.25) is 0 Å². The van der Waals surface area contributed by atoms with Gasteiger partial charge in [0.1, 0.15) is 0 Å². The van der Waals surface area contributed by atoms with Crippen molar-refractivity contribution in [2.24, 2.45) is 5.92 Å². The maximum absolute atomic E-state index is 5.89. The number of hydrogen-bond acceptors (Lipinski definition) is 1. The lowest BCUT2D eigenvalue weighted by Gasteiger charge is -2.29. The summed E-state index contributed by atoms with van der Waals surface area (Å²) in [5.74, 6) is 0.999. The Labute approximate surface area is 122 Å². The molecule has 0 heterocycles. The van der Waals surface area contributed by atoms with Crippen molar-refractivity contribution in [2.45, 2.75) is 57.9 Å². The van der Waals surface area contributed by atoms with Gasteiger partial charge in [-0.1, -0.05) is 43.5 Å². The Kier molecular flexibility index (Phi) is 6.19. The van der Waals surface area contributed by atoms with Crippen LogP contribution in [0.25, 0.3) is 0 Å². The molecule has 19 heavy (non-hydrogen) atoms. The highest BCUT2D eigenvalue weighted by molar-refractivity contribution is 6.30. The van der Waals surface area contributed by atoms with E-state index in [1.807, 2.05) is 12.1 Å². The molecule has 0 radical (unpaired) electrons. The summed E-state index contributed by atoms with van der Waals surface area (Å²) in [4.78, 5) is 0. The van der Waals surface area contributed by atoms with E-state index < -0.39 is 0 Å². The van der Waals surface area contributed by atoms with E-state index in [0.29, 0.717) is 0 Å². The molecule has 1 aromatic rings. The molecule has 106 valence electrons. The van der Waals surface area contributed by atoms with Gasteiger partial charge in [-0.15, -0.1) is 0 Å². The van der Waals surface area contributed by atoms with Gasteiger partial charge in [-0.25, -0.2) is 0 Å². The first-order valence-electron chi connectivity index (χ1n) is 7.75. The Morgan fingerprint density at radius 1 is 1.11 bits per heavy atom. The Balaban J connectivity index is 1.63. The molecular weight excluding hydrogens is 254 g/mol. The molecule has 0 aromatic heterocycles. The quantitative estimate of drug-likeness (QED) is 0.786. The van der Waals surface area contributed by atoms with Gasteiger partial charge in [0.25, 0.3) is 0 Å². The molecule has 0 amide bonds. The minimum Gasteiger partial charge on any atom is -0.314 e. The van der Waals surface area contributed by atoms with Crippen LogP contribution >= 0.6 is 11.6 Å². The van der Waals surface area contributed by atoms with Crippen LogP contribution in [0.3, 0.4) is 0 Å². The van der Waals surface area contributed by atoms with E-state index in [-0.39, 0.29) is 0 Å². The smallest absolute Gasteiger partial charge is 0.0406 e. The van der Waals surface area contributed by atoms with E-state index in [1.165, 1.54) is 44.1 Å². The SMILES string of the molecule is CCCC1CCC(NCCc2ccc(Cl)cc2)CC1. The number of halogens is 1. The predicted molar refractivity (Wildman–Crippen MR) is 83.8 cm³/mol. The van der Waals surface area contributed by atoms with E-state index in [9.17, 15) is 0 Å². The number of rotatable bonds is 6. The maximum Gasteiger partial charge on any atom is 0.0406 e. The van der Waals surface area contributed by atoms with Crippen LogP contribution in [-0.2, 0) is 6.42 Å². The average Bonchev–Trinajstić information content (AvgIpc) is 2.43. The van der Waals surface area contributed by atoms with E-state index in [1.54, 1.807) is 0 Å². The third-order valence-electron chi connectivity index (χ3n) is 4.30. The monoisotopic (exact) mass is 279 g/mol. The molecule has 0 spiro atoms. The molecule has 1 fully saturated rings. The second-order valence-corrected chi connectivity index (χ2v) is 6.27. The van der Waals surface area contributed by atoms with Gasteiger partial charge in [0.2, 0.25) is 0 Å². The zero-order valence-corrected chi connectivity index (χ0v) is 12.8. The zero-order valence-electron chi connectivity index (χ0n) is 12.0. The summed E-state index contributed by atoms with van der Waals surface area (Å²) < 4.78 is 0. The van der Waals surface area contributed by atoms with Crippen LogP contribution in [0.15, 0.2) is 24.3 Å². The fourth-order valence-corrected chi connectivity index (χ4v) is 3.26. The second kappa shape index (κ2) is 7.91. The Hall–Kier alpha value is -0.530. The molecule has 0 saturated heterocycles. The third-order valence-corrected chi connectivity index (χ3v) is 4.56. The van der Waals surface area contributed by atoms with E-state index in [4.69, 9.17) is 11.6 Å². The van der Waals surface area contributed by atoms with E-state index in [2.05, 4.69) is 24.4 Å². The molecule has 0 aliphatic heterocycles. The van der Waals surface area contributed by atoms with Crippen molar-refractivity contribution >= 4 is 11.6 Å². The summed E-state index contributed by atoms with van der Waals surface area (Å²) in [6, 6.07) is 8.96. The summed E-state index contributed by atoms with van der Waals surface area (Å²) in [6.45, 7) is 3.39. The lowest BCUT2D eigenvalue weighted by atomic mass is 9.83. The first-order chi connectivity index (χ1) is 9.28. The molecule has 1 aliphatic carbocycles. The average molecular weight is 280 g/mol. The zero-order chi connectivity index (χ0) is 13.5. The van der Waals surface area contributed by atoms with Gasteiger partial charge in [0.05, 0.1) is 0 Å². The van der Waals surface area contributed by atoms with E-state index in [0.717, 1.165) is 29.9 Å². The molecular formula is C17H26ClN. The van der Waals surface area contributed by atoms with Gasteiger partial charge >= 0.3 is 0 Å². The van der Waals surface area contributed by atoms with Crippen molar-refractivity contribution in [1.82, 2.24) is 5.32 Å². The van der Waals surface area contributed by atoms with Crippen molar-refractivity contribution in [3.05, 3.63) is 34.9 Å². The van der Waals surface area contributed by atoms with Crippen LogP contribution in [0.4, 0.5) is 0 Å². The van der Waals surface area contributed by atoms with Crippen molar-refractivity contribution in [3.63, 3.8) is 0 Å². The van der Waals surface area contributed by atoms with Crippen molar-refractivity contribution < 1.29 is 0 Å². The van der Waals surface area contributed by atoms with Crippen molar-refractivity contribution in [1.29, 1.82) is 0 Å². The van der Waals surface area contributed by atoms with Crippen LogP contribution in [0.1, 0.15) is 51.0 Å². The minimum absolute atomic E-state index is 0.750. The predicted octanol–water partition coefficient (Wildman–Crippen LogP) is 4.83. The standard InChI is InChI=1S/C17H26ClN/c1-2-3-14-6-10-17(11-7-14)19-13-12-15-4-8-16(18)9-5-15/h4-5,8-9,14,17,19H,2-3,6-7,10-13H2,1H3. The highest BCUT2D eigenvalue weighted by Crippen LogP contribution is 2.27. The molecule has 0 unspecified atom stereocenters. The Morgan fingerprint density at radius 2 is 1.79 bits per heavy atom. The van der Waals surface area contributed by atoms with Crippen molar-refractivity contribution in [2.75, 3.05) is 6.54 Å². The Morgan fingerprint density at radius 3 is 2.42 bits per heavy atom. The van der Waals surface area contributed by atoms with Gasteiger partial charge in [0, 0.05) is 11.1 Å². The fraction of sp³-hybridized carbons (Fsp3) is 0.647. The number of hydrogen-bond donors (Lipinski definition) is 1. The maximum atomic E-state index is 5.89. The molecule has 2 heteroatoms.